The molecule has 0 atom stereocenters. The first kappa shape index (κ1) is 15.4. The fourth-order valence-electron chi connectivity index (χ4n) is 1.11. The number of alkyl halides is 3. The van der Waals surface area contributed by atoms with Crippen LogP contribution in [0.2, 0.25) is 0 Å². The molecule has 0 saturated carbocycles. The molecule has 0 unspecified atom stereocenters. The van der Waals surface area contributed by atoms with Crippen molar-refractivity contribution in [2.24, 2.45) is 0 Å². The van der Waals surface area contributed by atoms with Gasteiger partial charge in [-0.1, -0.05) is 0 Å². The second kappa shape index (κ2) is 5.54. The van der Waals surface area contributed by atoms with Crippen LogP contribution in [0.3, 0.4) is 0 Å². The Balaban J connectivity index is 3.50. The van der Waals surface area contributed by atoms with E-state index >= 15 is 0 Å². The average Bonchev–Trinajstić information content (AvgIpc) is 2.27. The molecule has 0 spiro atoms. The van der Waals surface area contributed by atoms with E-state index < -0.39 is 34.4 Å². The lowest BCUT2D eigenvalue weighted by Crippen LogP contribution is -2.20. The summed E-state index contributed by atoms with van der Waals surface area (Å²) in [6, 6.07) is 0. The monoisotopic (exact) mass is 392 g/mol. The van der Waals surface area contributed by atoms with E-state index in [1.807, 2.05) is 0 Å². The summed E-state index contributed by atoms with van der Waals surface area (Å²) in [6.07, 6.45) is -4.33. The Kier molecular flexibility index (Phi) is 4.49. The van der Waals surface area contributed by atoms with E-state index in [-0.39, 0.29) is 3.57 Å². The summed E-state index contributed by atoms with van der Waals surface area (Å²) >= 11 is 1.51. The maximum Gasteiger partial charge on any atom is 0.574 e. The molecule has 11 heteroatoms. The third-order valence-electron chi connectivity index (χ3n) is 1.76. The molecule has 1 aromatic heterocycles. The number of carbonyl (C=O) groups excluding carboxylic acids is 1. The van der Waals surface area contributed by atoms with Crippen LogP contribution in [0.15, 0.2) is 6.20 Å². The largest absolute Gasteiger partial charge is 0.574 e. The number of nitrogens with zero attached hydrogens (tertiary/aromatic N) is 2. The fraction of sp³-hybridized carbons (Fsp3) is 0.250. The minimum atomic E-state index is -5.17. The van der Waals surface area contributed by atoms with Crippen molar-refractivity contribution in [3.63, 3.8) is 0 Å². The van der Waals surface area contributed by atoms with E-state index in [4.69, 9.17) is 0 Å². The Hall–Kier alpha value is -1.66. The van der Waals surface area contributed by atoms with Crippen LogP contribution in [0.5, 0.6) is 5.88 Å². The minimum absolute atomic E-state index is 0.0364. The molecular formula is C8H4F3IN2O5. The molecule has 0 aromatic carbocycles. The number of hydrogen-bond acceptors (Lipinski definition) is 6. The van der Waals surface area contributed by atoms with Gasteiger partial charge >= 0.3 is 23.9 Å². The molecule has 1 heterocycles. The first-order valence-electron chi connectivity index (χ1n) is 4.34. The number of nitro groups is 1. The van der Waals surface area contributed by atoms with Crippen molar-refractivity contribution in [2.45, 2.75) is 6.36 Å². The van der Waals surface area contributed by atoms with Gasteiger partial charge < -0.3 is 9.47 Å². The number of esters is 1. The van der Waals surface area contributed by atoms with E-state index in [0.717, 1.165) is 13.3 Å². The third kappa shape index (κ3) is 3.65. The van der Waals surface area contributed by atoms with Crippen molar-refractivity contribution in [1.82, 2.24) is 4.98 Å². The standard InChI is InChI=1S/C8H4F3IN2O5/c1-18-7(15)4-3(12)2-13-6(5(4)14(16)17)19-8(9,10)11/h2H,1H3. The number of ether oxygens (including phenoxy) is 2. The van der Waals surface area contributed by atoms with Crippen LogP contribution in [0.25, 0.3) is 0 Å². The quantitative estimate of drug-likeness (QED) is 0.339. The van der Waals surface area contributed by atoms with Gasteiger partial charge in [0.25, 0.3) is 0 Å². The summed E-state index contributed by atoms with van der Waals surface area (Å²) in [4.78, 5) is 24.2. The van der Waals surface area contributed by atoms with Gasteiger partial charge in [0.15, 0.2) is 5.56 Å². The first-order chi connectivity index (χ1) is 8.67. The zero-order chi connectivity index (χ0) is 14.8. The molecule has 0 fully saturated rings. The van der Waals surface area contributed by atoms with Gasteiger partial charge in [-0.05, 0) is 22.6 Å². The van der Waals surface area contributed by atoms with Gasteiger partial charge in [-0.25, -0.2) is 9.78 Å². The van der Waals surface area contributed by atoms with Crippen molar-refractivity contribution in [2.75, 3.05) is 7.11 Å². The molecule has 0 aliphatic carbocycles. The molecule has 1 aromatic rings. The van der Waals surface area contributed by atoms with Crippen LogP contribution in [0.4, 0.5) is 18.9 Å². The zero-order valence-corrected chi connectivity index (χ0v) is 11.2. The van der Waals surface area contributed by atoms with Crippen molar-refractivity contribution >= 4 is 34.2 Å². The Morgan fingerprint density at radius 3 is 2.53 bits per heavy atom. The number of hydrogen-bond donors (Lipinski definition) is 0. The van der Waals surface area contributed by atoms with Gasteiger partial charge in [-0.2, -0.15) is 0 Å². The van der Waals surface area contributed by atoms with E-state index in [0.29, 0.717) is 0 Å². The Bertz CT molecular complexity index is 534. The van der Waals surface area contributed by atoms with Crippen LogP contribution in [0.1, 0.15) is 10.4 Å². The second-order valence-corrected chi connectivity index (χ2v) is 4.09. The summed E-state index contributed by atoms with van der Waals surface area (Å²) in [5.74, 6) is -2.48. The normalized spacial score (nSPS) is 11.0. The molecule has 7 nitrogen and oxygen atoms in total. The number of carbonyl (C=O) groups is 1. The molecule has 0 radical (unpaired) electrons. The zero-order valence-electron chi connectivity index (χ0n) is 9.02. The summed E-state index contributed by atoms with van der Waals surface area (Å²) in [5.41, 5.74) is -1.85. The summed E-state index contributed by atoms with van der Waals surface area (Å²) in [5, 5.41) is 10.8. The molecule has 0 saturated heterocycles. The smallest absolute Gasteiger partial charge is 0.465 e. The highest BCUT2D eigenvalue weighted by molar-refractivity contribution is 14.1. The van der Waals surface area contributed by atoms with E-state index in [1.54, 1.807) is 0 Å². The molecule has 19 heavy (non-hydrogen) atoms. The maximum absolute atomic E-state index is 12.1. The van der Waals surface area contributed by atoms with Gasteiger partial charge in [0.2, 0.25) is 0 Å². The molecule has 1 rings (SSSR count). The predicted molar refractivity (Wildman–Crippen MR) is 61.6 cm³/mol. The molecule has 0 aliphatic heterocycles. The lowest BCUT2D eigenvalue weighted by Gasteiger charge is -2.10. The molecule has 104 valence electrons. The van der Waals surface area contributed by atoms with E-state index in [9.17, 15) is 28.1 Å². The van der Waals surface area contributed by atoms with Gasteiger partial charge in [0, 0.05) is 6.20 Å². The molecule has 0 amide bonds. The SMILES string of the molecule is COC(=O)c1c(I)cnc(OC(F)(F)F)c1[N+](=O)[O-]. The first-order valence-corrected chi connectivity index (χ1v) is 5.42. The Morgan fingerprint density at radius 1 is 1.53 bits per heavy atom. The molecule has 0 N–H and O–H groups in total. The number of halogens is 4. The van der Waals surface area contributed by atoms with Gasteiger partial charge in [-0.15, -0.1) is 13.2 Å². The number of aromatic nitrogens is 1. The Labute approximate surface area is 117 Å². The highest BCUT2D eigenvalue weighted by atomic mass is 127. The molecule has 0 aliphatic rings. The molecule has 0 bridgehead atoms. The van der Waals surface area contributed by atoms with E-state index in [1.165, 1.54) is 22.6 Å². The van der Waals surface area contributed by atoms with Gasteiger partial charge in [-0.3, -0.25) is 10.1 Å². The lowest BCUT2D eigenvalue weighted by molar-refractivity contribution is -0.389. The topological polar surface area (TPSA) is 91.6 Å². The van der Waals surface area contributed by atoms with Gasteiger partial charge in [0.05, 0.1) is 15.6 Å². The van der Waals surface area contributed by atoms with Crippen LogP contribution in [-0.4, -0.2) is 29.3 Å². The summed E-state index contributed by atoms with van der Waals surface area (Å²) in [7, 11) is 0.937. The van der Waals surface area contributed by atoms with Crippen LogP contribution in [-0.2, 0) is 4.74 Å². The predicted octanol–water partition coefficient (Wildman–Crippen LogP) is 2.28. The summed E-state index contributed by atoms with van der Waals surface area (Å²) in [6.45, 7) is 0. The lowest BCUT2D eigenvalue weighted by atomic mass is 10.2. The minimum Gasteiger partial charge on any atom is -0.465 e. The van der Waals surface area contributed by atoms with Crippen molar-refractivity contribution in [1.29, 1.82) is 0 Å². The van der Waals surface area contributed by atoms with Crippen molar-refractivity contribution in [3.05, 3.63) is 25.4 Å². The molecular weight excluding hydrogens is 388 g/mol. The maximum atomic E-state index is 12.1. The van der Waals surface area contributed by atoms with Crippen LogP contribution < -0.4 is 4.74 Å². The highest BCUT2D eigenvalue weighted by Crippen LogP contribution is 2.35. The number of methoxy groups -OCH3 is 1. The summed E-state index contributed by atoms with van der Waals surface area (Å²) < 4.78 is 44.0. The third-order valence-corrected chi connectivity index (χ3v) is 2.58. The van der Waals surface area contributed by atoms with Crippen LogP contribution in [0, 0.1) is 13.7 Å². The average molecular weight is 392 g/mol. The van der Waals surface area contributed by atoms with Crippen LogP contribution >= 0.6 is 22.6 Å². The van der Waals surface area contributed by atoms with Crippen molar-refractivity contribution in [3.8, 4) is 5.88 Å². The van der Waals surface area contributed by atoms with Gasteiger partial charge in [0.1, 0.15) is 0 Å². The van der Waals surface area contributed by atoms with Crippen molar-refractivity contribution < 1.29 is 32.4 Å². The Morgan fingerprint density at radius 2 is 2.11 bits per heavy atom. The fourth-order valence-corrected chi connectivity index (χ4v) is 1.73. The highest BCUT2D eigenvalue weighted by Gasteiger charge is 2.39. The van der Waals surface area contributed by atoms with E-state index in [2.05, 4.69) is 14.5 Å². The number of rotatable bonds is 3. The second-order valence-electron chi connectivity index (χ2n) is 2.93. The number of pyridine rings is 1.